The molecule has 0 saturated carbocycles. The summed E-state index contributed by atoms with van der Waals surface area (Å²) >= 11 is 0. The molecule has 0 aliphatic carbocycles. The molecule has 0 radical (unpaired) electrons. The van der Waals surface area contributed by atoms with Crippen LogP contribution in [0.25, 0.3) is 33.4 Å². The Kier molecular flexibility index (Phi) is 21.7. The second kappa shape index (κ2) is 28.7. The van der Waals surface area contributed by atoms with Crippen molar-refractivity contribution < 1.29 is 0 Å². The molecule has 6 rings (SSSR count). The molecule has 6 nitrogen and oxygen atoms in total. The van der Waals surface area contributed by atoms with E-state index in [-0.39, 0.29) is 0 Å². The van der Waals surface area contributed by atoms with Crippen molar-refractivity contribution in [1.29, 1.82) is 0 Å². The summed E-state index contributed by atoms with van der Waals surface area (Å²) in [7, 11) is 0. The average Bonchev–Trinajstić information content (AvgIpc) is 3.34. The number of benzene rings is 6. The first-order valence-corrected chi connectivity index (χ1v) is 24.0. The van der Waals surface area contributed by atoms with Gasteiger partial charge < -0.3 is 31.9 Å². The van der Waals surface area contributed by atoms with E-state index in [1.807, 2.05) is 0 Å². The van der Waals surface area contributed by atoms with Crippen LogP contribution in [-0.4, -0.2) is 65.4 Å². The van der Waals surface area contributed by atoms with Crippen LogP contribution >= 0.6 is 0 Å². The lowest BCUT2D eigenvalue weighted by molar-refractivity contribution is 0.551. The lowest BCUT2D eigenvalue weighted by Crippen LogP contribution is -2.24. The third-order valence-corrected chi connectivity index (χ3v) is 12.0. The smallest absolute Gasteiger partial charge is 0.0211 e. The number of unbranched alkanes of at least 4 members (excludes halogenated alkanes) is 2. The Morgan fingerprint density at radius 2 is 0.762 bits per heavy atom. The van der Waals surface area contributed by atoms with Crippen molar-refractivity contribution in [3.8, 4) is 33.4 Å². The Bertz CT molecular complexity index is 2100. The van der Waals surface area contributed by atoms with Gasteiger partial charge in [0.2, 0.25) is 0 Å². The van der Waals surface area contributed by atoms with Crippen LogP contribution in [0.2, 0.25) is 0 Å². The maximum Gasteiger partial charge on any atom is 0.0211 e. The quantitative estimate of drug-likeness (QED) is 0.0245. The van der Waals surface area contributed by atoms with Gasteiger partial charge in [-0.1, -0.05) is 165 Å². The van der Waals surface area contributed by atoms with Crippen LogP contribution in [0, 0.1) is 0 Å². The van der Waals surface area contributed by atoms with E-state index in [4.69, 9.17) is 0 Å². The van der Waals surface area contributed by atoms with Crippen LogP contribution < -0.4 is 31.9 Å². The lowest BCUT2D eigenvalue weighted by Gasteiger charge is -2.20. The van der Waals surface area contributed by atoms with Gasteiger partial charge in [0.1, 0.15) is 0 Å². The van der Waals surface area contributed by atoms with E-state index in [9.17, 15) is 0 Å². The van der Waals surface area contributed by atoms with Crippen LogP contribution in [0.5, 0.6) is 0 Å². The van der Waals surface area contributed by atoms with Gasteiger partial charge in [0, 0.05) is 19.0 Å². The minimum atomic E-state index is 0.347. The van der Waals surface area contributed by atoms with Gasteiger partial charge in [-0.2, -0.15) is 0 Å². The predicted molar refractivity (Wildman–Crippen MR) is 270 cm³/mol. The summed E-state index contributed by atoms with van der Waals surface area (Å²) in [5.74, 6) is 0.347. The minimum absolute atomic E-state index is 0.347. The third-order valence-electron chi connectivity index (χ3n) is 12.0. The summed E-state index contributed by atoms with van der Waals surface area (Å²) in [5, 5.41) is 21.7. The molecule has 6 aromatic carbocycles. The van der Waals surface area contributed by atoms with E-state index in [1.165, 1.54) is 81.3 Å². The Labute approximate surface area is 380 Å². The Morgan fingerprint density at radius 3 is 1.37 bits per heavy atom. The number of rotatable bonds is 31. The average molecular weight is 843 g/mol. The second-order valence-electron chi connectivity index (χ2n) is 16.7. The van der Waals surface area contributed by atoms with Crippen molar-refractivity contribution in [2.45, 2.75) is 70.9 Å². The molecule has 6 heteroatoms. The molecule has 0 aliphatic heterocycles. The van der Waals surface area contributed by atoms with Gasteiger partial charge in [0.05, 0.1) is 0 Å². The summed E-state index contributed by atoms with van der Waals surface area (Å²) in [4.78, 5) is 0. The first-order valence-electron chi connectivity index (χ1n) is 24.0. The van der Waals surface area contributed by atoms with Gasteiger partial charge in [-0.3, -0.25) is 0 Å². The van der Waals surface area contributed by atoms with Crippen molar-refractivity contribution in [1.82, 2.24) is 31.9 Å². The Balaban J connectivity index is 0.894. The van der Waals surface area contributed by atoms with Crippen LogP contribution in [-0.2, 0) is 13.1 Å². The molecule has 1 atom stereocenters. The van der Waals surface area contributed by atoms with E-state index in [0.29, 0.717) is 5.92 Å². The highest BCUT2D eigenvalue weighted by molar-refractivity contribution is 5.73. The van der Waals surface area contributed by atoms with Crippen molar-refractivity contribution in [3.63, 3.8) is 0 Å². The SMILES string of the molecule is CCNCCCNCCCCNCCC(c1ccccc1)c1cccc(-c2ccc(-c3ccccc3CNCCCCNCCCNCc3ccccc3-c3ccccc3)cc2)c1. The fourth-order valence-electron chi connectivity index (χ4n) is 8.44. The minimum Gasteiger partial charge on any atom is -0.317 e. The molecular weight excluding hydrogens is 769 g/mol. The molecule has 6 N–H and O–H groups in total. The van der Waals surface area contributed by atoms with E-state index in [2.05, 4.69) is 197 Å². The van der Waals surface area contributed by atoms with Crippen molar-refractivity contribution in [3.05, 3.63) is 180 Å². The lowest BCUT2D eigenvalue weighted by atomic mass is 9.87. The molecule has 0 bridgehead atoms. The summed E-state index contributed by atoms with van der Waals surface area (Å²) in [5.41, 5.74) is 13.1. The van der Waals surface area contributed by atoms with Gasteiger partial charge in [0.15, 0.2) is 0 Å². The topological polar surface area (TPSA) is 72.2 Å². The number of hydrogen-bond donors (Lipinski definition) is 6. The van der Waals surface area contributed by atoms with E-state index in [0.717, 1.165) is 97.8 Å². The van der Waals surface area contributed by atoms with Crippen LogP contribution in [0.15, 0.2) is 158 Å². The largest absolute Gasteiger partial charge is 0.317 e. The maximum atomic E-state index is 3.74. The number of nitrogens with one attached hydrogen (secondary N) is 6. The molecule has 0 fully saturated rings. The summed E-state index contributed by atoms with van der Waals surface area (Å²) in [6, 6.07) is 57.7. The maximum absolute atomic E-state index is 3.74. The van der Waals surface area contributed by atoms with E-state index < -0.39 is 0 Å². The van der Waals surface area contributed by atoms with Crippen molar-refractivity contribution >= 4 is 0 Å². The van der Waals surface area contributed by atoms with Gasteiger partial charge in [-0.05, 0) is 166 Å². The first-order chi connectivity index (χ1) is 31.3. The number of hydrogen-bond acceptors (Lipinski definition) is 6. The van der Waals surface area contributed by atoms with Crippen molar-refractivity contribution in [2.75, 3.05) is 65.4 Å². The highest BCUT2D eigenvalue weighted by Crippen LogP contribution is 2.32. The van der Waals surface area contributed by atoms with Crippen LogP contribution in [0.3, 0.4) is 0 Å². The highest BCUT2D eigenvalue weighted by Gasteiger charge is 2.15. The standard InChI is InChI=1S/C57H74N6/c1-2-58-39-18-40-59-35-13-14-37-61-43-34-57(49-22-7-4-8-23-49)52-27-17-26-51(44-52)47-30-32-50(33-31-47)56-29-12-10-25-54(56)45-62-38-16-15-36-60-41-19-42-63-46-53-24-9-11-28-55(53)48-20-5-3-6-21-48/h3-12,17,20-33,44,57-63H,2,13-16,18-19,34-43,45-46H2,1H3. The van der Waals surface area contributed by atoms with Gasteiger partial charge in [-0.25, -0.2) is 0 Å². The van der Waals surface area contributed by atoms with E-state index >= 15 is 0 Å². The zero-order chi connectivity index (χ0) is 43.4. The predicted octanol–water partition coefficient (Wildman–Crippen LogP) is 10.8. The fraction of sp³-hybridized carbons (Fsp3) is 0.368. The molecular formula is C57H74N6. The molecule has 332 valence electrons. The molecule has 0 saturated heterocycles. The summed E-state index contributed by atoms with van der Waals surface area (Å²) in [6.45, 7) is 14.5. The fourth-order valence-corrected chi connectivity index (χ4v) is 8.44. The van der Waals surface area contributed by atoms with Crippen molar-refractivity contribution in [2.24, 2.45) is 0 Å². The normalized spacial score (nSPS) is 11.8. The molecule has 0 spiro atoms. The second-order valence-corrected chi connectivity index (χ2v) is 16.7. The Morgan fingerprint density at radius 1 is 0.333 bits per heavy atom. The van der Waals surface area contributed by atoms with Gasteiger partial charge >= 0.3 is 0 Å². The molecule has 6 aromatic rings. The zero-order valence-electron chi connectivity index (χ0n) is 38.0. The molecule has 0 aliphatic rings. The van der Waals surface area contributed by atoms with Crippen LogP contribution in [0.4, 0.5) is 0 Å². The molecule has 0 heterocycles. The summed E-state index contributed by atoms with van der Waals surface area (Å²) in [6.07, 6.45) is 8.14. The first kappa shape index (κ1) is 47.6. The molecule has 0 amide bonds. The van der Waals surface area contributed by atoms with Crippen LogP contribution in [0.1, 0.15) is 80.0 Å². The third kappa shape index (κ3) is 16.6. The van der Waals surface area contributed by atoms with Gasteiger partial charge in [0.25, 0.3) is 0 Å². The highest BCUT2D eigenvalue weighted by atomic mass is 14.9. The van der Waals surface area contributed by atoms with Gasteiger partial charge in [-0.15, -0.1) is 0 Å². The molecule has 1 unspecified atom stereocenters. The van der Waals surface area contributed by atoms with E-state index in [1.54, 1.807) is 0 Å². The molecule has 63 heavy (non-hydrogen) atoms. The zero-order valence-corrected chi connectivity index (χ0v) is 38.0. The summed E-state index contributed by atoms with van der Waals surface area (Å²) < 4.78 is 0. The monoisotopic (exact) mass is 843 g/mol. The Hall–Kier alpha value is -4.92. The molecule has 0 aromatic heterocycles.